The number of carbonyl (C=O) groups excluding carboxylic acids is 1. The van der Waals surface area contributed by atoms with Gasteiger partial charge >= 0.3 is 0 Å². The summed E-state index contributed by atoms with van der Waals surface area (Å²) in [5.41, 5.74) is 1.98. The van der Waals surface area contributed by atoms with Crippen molar-refractivity contribution in [2.75, 3.05) is 17.4 Å². The molecule has 0 atom stereocenters. The van der Waals surface area contributed by atoms with E-state index in [9.17, 15) is 4.79 Å². The monoisotopic (exact) mass is 359 g/mol. The summed E-state index contributed by atoms with van der Waals surface area (Å²) in [7, 11) is 0. The predicted molar refractivity (Wildman–Crippen MR) is 97.0 cm³/mol. The topological polar surface area (TPSA) is 109 Å². The molecule has 8 nitrogen and oxygen atoms in total. The molecule has 2 N–H and O–H groups in total. The summed E-state index contributed by atoms with van der Waals surface area (Å²) in [6.45, 7) is 0.167. The number of carbonyl (C=O) groups is 1. The second-order valence-electron chi connectivity index (χ2n) is 5.63. The minimum absolute atomic E-state index is 0.167. The van der Waals surface area contributed by atoms with Crippen molar-refractivity contribution in [1.29, 1.82) is 5.26 Å². The van der Waals surface area contributed by atoms with E-state index in [-0.39, 0.29) is 18.4 Å². The summed E-state index contributed by atoms with van der Waals surface area (Å²) >= 11 is 0. The molecule has 0 spiro atoms. The molecule has 1 amide bonds. The van der Waals surface area contributed by atoms with Gasteiger partial charge in [0.05, 0.1) is 11.6 Å². The van der Waals surface area contributed by atoms with Crippen LogP contribution in [0, 0.1) is 11.3 Å². The quantitative estimate of drug-likeness (QED) is 0.737. The van der Waals surface area contributed by atoms with Crippen LogP contribution < -0.4 is 20.1 Å². The summed E-state index contributed by atoms with van der Waals surface area (Å²) in [6, 6.07) is 15.7. The van der Waals surface area contributed by atoms with Crippen LogP contribution in [0.3, 0.4) is 0 Å². The van der Waals surface area contributed by atoms with Crippen molar-refractivity contribution < 1.29 is 14.3 Å². The predicted octanol–water partition coefficient (Wildman–Crippen LogP) is 3.07. The van der Waals surface area contributed by atoms with Crippen molar-refractivity contribution in [2.24, 2.45) is 0 Å². The lowest BCUT2D eigenvalue weighted by Crippen LogP contribution is -2.14. The number of nitrogens with one attached hydrogen (secondary N) is 2. The van der Waals surface area contributed by atoms with Crippen LogP contribution in [0.5, 0.6) is 11.5 Å². The Hall–Kier alpha value is -4.12. The van der Waals surface area contributed by atoms with Crippen LogP contribution in [0.1, 0.15) is 16.1 Å². The maximum Gasteiger partial charge on any atom is 0.274 e. The molecule has 0 fully saturated rings. The highest BCUT2D eigenvalue weighted by atomic mass is 16.7. The normalized spacial score (nSPS) is 11.5. The molecule has 132 valence electrons. The van der Waals surface area contributed by atoms with Crippen molar-refractivity contribution >= 4 is 23.1 Å². The van der Waals surface area contributed by atoms with Gasteiger partial charge in [-0.2, -0.15) is 5.26 Å². The minimum atomic E-state index is -0.384. The standard InChI is InChI=1S/C19H13N5O3/c20-9-12-2-1-3-13(6-12)23-18-8-15(21-10-22-18)19(25)24-14-4-5-16-17(7-14)27-11-26-16/h1-8,10H,11H2,(H,24,25)(H,21,22,23). The largest absolute Gasteiger partial charge is 0.454 e. The summed E-state index contributed by atoms with van der Waals surface area (Å²) in [5, 5.41) is 14.8. The fourth-order valence-electron chi connectivity index (χ4n) is 2.53. The third-order valence-corrected chi connectivity index (χ3v) is 3.79. The molecular formula is C19H13N5O3. The van der Waals surface area contributed by atoms with Gasteiger partial charge in [-0.05, 0) is 30.3 Å². The zero-order valence-electron chi connectivity index (χ0n) is 14.0. The highest BCUT2D eigenvalue weighted by Gasteiger charge is 2.15. The summed E-state index contributed by atoms with van der Waals surface area (Å²) in [5.74, 6) is 1.28. The molecule has 8 heteroatoms. The molecular weight excluding hydrogens is 346 g/mol. The summed E-state index contributed by atoms with van der Waals surface area (Å²) in [6.07, 6.45) is 1.30. The Morgan fingerprint density at radius 2 is 1.93 bits per heavy atom. The number of hydrogen-bond donors (Lipinski definition) is 2. The van der Waals surface area contributed by atoms with Crippen LogP contribution in [-0.2, 0) is 0 Å². The Bertz CT molecular complexity index is 1060. The van der Waals surface area contributed by atoms with Crippen LogP contribution >= 0.6 is 0 Å². The van der Waals surface area contributed by atoms with Crippen LogP contribution in [0.2, 0.25) is 0 Å². The molecule has 4 rings (SSSR count). The van der Waals surface area contributed by atoms with Crippen LogP contribution in [-0.4, -0.2) is 22.7 Å². The SMILES string of the molecule is N#Cc1cccc(Nc2cc(C(=O)Nc3ccc4c(c3)OCO4)ncn2)c1. The third kappa shape index (κ3) is 3.62. The smallest absolute Gasteiger partial charge is 0.274 e. The molecule has 2 heterocycles. The number of benzene rings is 2. The van der Waals surface area contributed by atoms with Crippen LogP contribution in [0.25, 0.3) is 0 Å². The van der Waals surface area contributed by atoms with E-state index in [0.717, 1.165) is 0 Å². The number of anilines is 3. The Morgan fingerprint density at radius 3 is 2.81 bits per heavy atom. The maximum atomic E-state index is 12.5. The molecule has 2 aromatic carbocycles. The van der Waals surface area contributed by atoms with Gasteiger partial charge in [0.15, 0.2) is 11.5 Å². The number of nitrogens with zero attached hydrogens (tertiary/aromatic N) is 3. The van der Waals surface area contributed by atoms with E-state index in [1.807, 2.05) is 0 Å². The molecule has 0 bridgehead atoms. The van der Waals surface area contributed by atoms with Gasteiger partial charge in [0, 0.05) is 23.5 Å². The van der Waals surface area contributed by atoms with Crippen molar-refractivity contribution in [1.82, 2.24) is 9.97 Å². The molecule has 0 aliphatic carbocycles. The molecule has 0 saturated carbocycles. The number of ether oxygens (including phenoxy) is 2. The fourth-order valence-corrected chi connectivity index (χ4v) is 2.53. The second kappa shape index (κ2) is 7.01. The van der Waals surface area contributed by atoms with Gasteiger partial charge in [0.25, 0.3) is 5.91 Å². The summed E-state index contributed by atoms with van der Waals surface area (Å²) in [4.78, 5) is 20.6. The average Bonchev–Trinajstić information content (AvgIpc) is 3.16. The third-order valence-electron chi connectivity index (χ3n) is 3.79. The van der Waals surface area contributed by atoms with Crippen molar-refractivity contribution in [2.45, 2.75) is 0 Å². The number of amides is 1. The Morgan fingerprint density at radius 1 is 1.04 bits per heavy atom. The van der Waals surface area contributed by atoms with Gasteiger partial charge in [-0.1, -0.05) is 6.07 Å². The molecule has 0 saturated heterocycles. The van der Waals surface area contributed by atoms with E-state index in [0.29, 0.717) is 34.3 Å². The molecule has 1 aromatic heterocycles. The number of nitriles is 1. The molecule has 1 aliphatic rings. The zero-order chi connectivity index (χ0) is 18.6. The Kier molecular flexibility index (Phi) is 4.25. The fraction of sp³-hybridized carbons (Fsp3) is 0.0526. The van der Waals surface area contributed by atoms with Crippen LogP contribution in [0.4, 0.5) is 17.2 Å². The van der Waals surface area contributed by atoms with Crippen molar-refractivity contribution in [3.05, 3.63) is 66.1 Å². The van der Waals surface area contributed by atoms with Crippen LogP contribution in [0.15, 0.2) is 54.9 Å². The van der Waals surface area contributed by atoms with E-state index in [4.69, 9.17) is 14.7 Å². The number of fused-ring (bicyclic) bond motifs is 1. The molecule has 0 radical (unpaired) electrons. The highest BCUT2D eigenvalue weighted by molar-refractivity contribution is 6.03. The Labute approximate surface area is 154 Å². The highest BCUT2D eigenvalue weighted by Crippen LogP contribution is 2.34. The van der Waals surface area contributed by atoms with E-state index < -0.39 is 0 Å². The lowest BCUT2D eigenvalue weighted by molar-refractivity contribution is 0.102. The van der Waals surface area contributed by atoms with Gasteiger partial charge < -0.3 is 20.1 Å². The average molecular weight is 359 g/mol. The first-order valence-electron chi connectivity index (χ1n) is 8.01. The first kappa shape index (κ1) is 16.4. The van der Waals surface area contributed by atoms with Gasteiger partial charge in [-0.3, -0.25) is 4.79 Å². The van der Waals surface area contributed by atoms with E-state index in [1.165, 1.54) is 12.4 Å². The first-order chi connectivity index (χ1) is 13.2. The zero-order valence-corrected chi connectivity index (χ0v) is 14.0. The number of rotatable bonds is 4. The maximum absolute atomic E-state index is 12.5. The molecule has 27 heavy (non-hydrogen) atoms. The van der Waals surface area contributed by atoms with E-state index in [2.05, 4.69) is 26.7 Å². The number of hydrogen-bond acceptors (Lipinski definition) is 7. The lowest BCUT2D eigenvalue weighted by Gasteiger charge is -2.08. The molecule has 3 aromatic rings. The van der Waals surface area contributed by atoms with Crippen molar-refractivity contribution in [3.8, 4) is 17.6 Å². The van der Waals surface area contributed by atoms with Gasteiger partial charge in [0.1, 0.15) is 17.8 Å². The van der Waals surface area contributed by atoms with E-state index in [1.54, 1.807) is 42.5 Å². The summed E-state index contributed by atoms with van der Waals surface area (Å²) < 4.78 is 10.5. The van der Waals surface area contributed by atoms with E-state index >= 15 is 0 Å². The second-order valence-corrected chi connectivity index (χ2v) is 5.63. The van der Waals surface area contributed by atoms with Gasteiger partial charge in [0.2, 0.25) is 6.79 Å². The molecule has 0 unspecified atom stereocenters. The lowest BCUT2D eigenvalue weighted by atomic mass is 10.2. The number of aromatic nitrogens is 2. The molecule has 1 aliphatic heterocycles. The van der Waals surface area contributed by atoms with Gasteiger partial charge in [-0.25, -0.2) is 9.97 Å². The van der Waals surface area contributed by atoms with Crippen molar-refractivity contribution in [3.63, 3.8) is 0 Å². The Balaban J connectivity index is 1.50. The minimum Gasteiger partial charge on any atom is -0.454 e. The first-order valence-corrected chi connectivity index (χ1v) is 8.01. The van der Waals surface area contributed by atoms with Gasteiger partial charge in [-0.15, -0.1) is 0 Å².